The van der Waals surface area contributed by atoms with Crippen molar-refractivity contribution in [3.8, 4) is 21.7 Å². The molecule has 2 amide bonds. The molecule has 0 saturated heterocycles. The van der Waals surface area contributed by atoms with Crippen molar-refractivity contribution in [3.63, 3.8) is 0 Å². The van der Waals surface area contributed by atoms with Crippen LogP contribution in [0.2, 0.25) is 0 Å². The van der Waals surface area contributed by atoms with E-state index >= 15 is 0 Å². The van der Waals surface area contributed by atoms with Crippen molar-refractivity contribution in [1.82, 2.24) is 10.3 Å². The number of urea groups is 1. The number of rotatable bonds is 5. The zero-order valence-electron chi connectivity index (χ0n) is 15.1. The van der Waals surface area contributed by atoms with E-state index in [1.54, 1.807) is 0 Å². The number of hydrogen-bond donors (Lipinski definition) is 2. The van der Waals surface area contributed by atoms with Gasteiger partial charge in [0.2, 0.25) is 0 Å². The van der Waals surface area contributed by atoms with Gasteiger partial charge in [-0.15, -0.1) is 0 Å². The molecule has 2 N–H and O–H groups in total. The van der Waals surface area contributed by atoms with Crippen molar-refractivity contribution in [2.45, 2.75) is 6.54 Å². The Morgan fingerprint density at radius 3 is 2.00 bits per heavy atom. The van der Waals surface area contributed by atoms with Crippen molar-refractivity contribution in [2.75, 3.05) is 5.32 Å². The van der Waals surface area contributed by atoms with E-state index in [9.17, 15) is 4.79 Å². The van der Waals surface area contributed by atoms with Crippen LogP contribution in [0.1, 0.15) is 5.56 Å². The molecule has 0 spiro atoms. The summed E-state index contributed by atoms with van der Waals surface area (Å²) in [6, 6.07) is 29.7. The largest absolute Gasteiger partial charge is 0.334 e. The highest BCUT2D eigenvalue weighted by molar-refractivity contribution is 7.19. The lowest BCUT2D eigenvalue weighted by molar-refractivity contribution is 0.251. The van der Waals surface area contributed by atoms with Crippen LogP contribution in [-0.4, -0.2) is 11.0 Å². The lowest BCUT2D eigenvalue weighted by Gasteiger charge is -2.05. The minimum Gasteiger partial charge on any atom is -0.334 e. The maximum Gasteiger partial charge on any atom is 0.321 e. The van der Waals surface area contributed by atoms with E-state index in [1.807, 2.05) is 78.9 Å². The van der Waals surface area contributed by atoms with E-state index in [0.29, 0.717) is 11.7 Å². The lowest BCUT2D eigenvalue weighted by Crippen LogP contribution is -2.28. The average Bonchev–Trinajstić information content (AvgIpc) is 3.18. The van der Waals surface area contributed by atoms with Gasteiger partial charge in [-0.1, -0.05) is 102 Å². The summed E-state index contributed by atoms with van der Waals surface area (Å²) in [4.78, 5) is 18.1. The molecule has 0 unspecified atom stereocenters. The van der Waals surface area contributed by atoms with Crippen molar-refractivity contribution in [2.24, 2.45) is 0 Å². The van der Waals surface area contributed by atoms with Gasteiger partial charge >= 0.3 is 6.03 Å². The highest BCUT2D eigenvalue weighted by Crippen LogP contribution is 2.38. The van der Waals surface area contributed by atoms with Crippen LogP contribution in [-0.2, 0) is 6.54 Å². The number of nitrogens with one attached hydrogen (secondary N) is 2. The minimum atomic E-state index is -0.267. The predicted molar refractivity (Wildman–Crippen MR) is 115 cm³/mol. The molecular formula is C23H19N3OS. The fourth-order valence-corrected chi connectivity index (χ4v) is 3.86. The van der Waals surface area contributed by atoms with Gasteiger partial charge in [-0.3, -0.25) is 5.32 Å². The minimum absolute atomic E-state index is 0.267. The van der Waals surface area contributed by atoms with Crippen LogP contribution in [0.5, 0.6) is 0 Å². The first-order valence-corrected chi connectivity index (χ1v) is 9.82. The van der Waals surface area contributed by atoms with E-state index < -0.39 is 0 Å². The smallest absolute Gasteiger partial charge is 0.321 e. The first kappa shape index (κ1) is 17.9. The zero-order valence-corrected chi connectivity index (χ0v) is 15.9. The van der Waals surface area contributed by atoms with Crippen LogP contribution >= 0.6 is 11.3 Å². The second kappa shape index (κ2) is 8.50. The van der Waals surface area contributed by atoms with E-state index in [-0.39, 0.29) is 6.03 Å². The number of thiazole rings is 1. The summed E-state index contributed by atoms with van der Waals surface area (Å²) < 4.78 is 0. The number of hydrogen-bond acceptors (Lipinski definition) is 3. The fraction of sp³-hybridized carbons (Fsp3) is 0.0435. The molecule has 1 aromatic heterocycles. The third kappa shape index (κ3) is 4.27. The van der Waals surface area contributed by atoms with Gasteiger partial charge in [0.15, 0.2) is 5.13 Å². The van der Waals surface area contributed by atoms with Crippen LogP contribution < -0.4 is 10.6 Å². The van der Waals surface area contributed by atoms with E-state index in [2.05, 4.69) is 22.8 Å². The predicted octanol–water partition coefficient (Wildman–Crippen LogP) is 5.80. The van der Waals surface area contributed by atoms with Crippen LogP contribution in [0, 0.1) is 0 Å². The number of anilines is 1. The molecule has 0 atom stereocenters. The highest BCUT2D eigenvalue weighted by Gasteiger charge is 2.16. The van der Waals surface area contributed by atoms with Crippen LogP contribution in [0.15, 0.2) is 91.0 Å². The van der Waals surface area contributed by atoms with Crippen LogP contribution in [0.25, 0.3) is 21.7 Å². The summed E-state index contributed by atoms with van der Waals surface area (Å²) in [5.41, 5.74) is 4.02. The first-order valence-electron chi connectivity index (χ1n) is 9.00. The van der Waals surface area contributed by atoms with Gasteiger partial charge in [0.05, 0.1) is 10.6 Å². The molecule has 0 aliphatic heterocycles. The van der Waals surface area contributed by atoms with Gasteiger partial charge in [0, 0.05) is 12.1 Å². The molecule has 4 rings (SSSR count). The monoisotopic (exact) mass is 385 g/mol. The van der Waals surface area contributed by atoms with Gasteiger partial charge < -0.3 is 5.32 Å². The Morgan fingerprint density at radius 2 is 1.36 bits per heavy atom. The van der Waals surface area contributed by atoms with Gasteiger partial charge in [-0.25, -0.2) is 9.78 Å². The Morgan fingerprint density at radius 1 is 0.786 bits per heavy atom. The molecular weight excluding hydrogens is 366 g/mol. The number of nitrogens with zero attached hydrogens (tertiary/aromatic N) is 1. The van der Waals surface area contributed by atoms with E-state index in [4.69, 9.17) is 4.98 Å². The summed E-state index contributed by atoms with van der Waals surface area (Å²) in [6.45, 7) is 0.467. The average molecular weight is 385 g/mol. The van der Waals surface area contributed by atoms with Crippen LogP contribution in [0.3, 0.4) is 0 Å². The normalized spacial score (nSPS) is 10.4. The molecule has 138 valence electrons. The number of carbonyl (C=O) groups excluding carboxylic acids is 1. The number of benzene rings is 3. The molecule has 4 aromatic rings. The Labute approximate surface area is 167 Å². The molecule has 0 aliphatic rings. The van der Waals surface area contributed by atoms with Crippen molar-refractivity contribution in [1.29, 1.82) is 0 Å². The van der Waals surface area contributed by atoms with Gasteiger partial charge in [0.1, 0.15) is 0 Å². The number of carbonyl (C=O) groups is 1. The SMILES string of the molecule is O=C(NCc1ccccc1)Nc1nc(-c2ccccc2)c(-c2ccccc2)s1. The maximum atomic E-state index is 12.3. The third-order valence-electron chi connectivity index (χ3n) is 4.23. The summed E-state index contributed by atoms with van der Waals surface area (Å²) >= 11 is 1.47. The third-order valence-corrected chi connectivity index (χ3v) is 5.25. The summed E-state index contributed by atoms with van der Waals surface area (Å²) in [6.07, 6.45) is 0. The van der Waals surface area contributed by atoms with Crippen LogP contribution in [0.4, 0.5) is 9.93 Å². The molecule has 1 heterocycles. The summed E-state index contributed by atoms with van der Waals surface area (Å²) in [5.74, 6) is 0. The van der Waals surface area contributed by atoms with Crippen molar-refractivity contribution in [3.05, 3.63) is 96.6 Å². The van der Waals surface area contributed by atoms with Crippen molar-refractivity contribution < 1.29 is 4.79 Å². The second-order valence-corrected chi connectivity index (χ2v) is 7.22. The molecule has 0 saturated carbocycles. The molecule has 4 nitrogen and oxygen atoms in total. The van der Waals surface area contributed by atoms with E-state index in [0.717, 1.165) is 27.3 Å². The molecule has 0 fully saturated rings. The molecule has 28 heavy (non-hydrogen) atoms. The first-order chi connectivity index (χ1) is 13.8. The topological polar surface area (TPSA) is 54.0 Å². The highest BCUT2D eigenvalue weighted by atomic mass is 32.1. The Hall–Kier alpha value is -3.44. The van der Waals surface area contributed by atoms with E-state index in [1.165, 1.54) is 11.3 Å². The van der Waals surface area contributed by atoms with Gasteiger partial charge in [-0.2, -0.15) is 0 Å². The Balaban J connectivity index is 1.56. The lowest BCUT2D eigenvalue weighted by atomic mass is 10.1. The molecule has 0 radical (unpaired) electrons. The summed E-state index contributed by atoms with van der Waals surface area (Å²) in [7, 11) is 0. The van der Waals surface area contributed by atoms with Gasteiger partial charge in [0.25, 0.3) is 0 Å². The summed E-state index contributed by atoms with van der Waals surface area (Å²) in [5, 5.41) is 6.31. The number of amides is 2. The quantitative estimate of drug-likeness (QED) is 0.456. The van der Waals surface area contributed by atoms with Crippen molar-refractivity contribution >= 4 is 22.5 Å². The second-order valence-electron chi connectivity index (χ2n) is 6.22. The molecule has 0 bridgehead atoms. The standard InChI is InChI=1S/C23H19N3OS/c27-22(24-16-17-10-4-1-5-11-17)26-23-25-20(18-12-6-2-7-13-18)21(28-23)19-14-8-3-9-15-19/h1-15H,16H2,(H2,24,25,26,27). The Bertz CT molecular complexity index is 990. The maximum absolute atomic E-state index is 12.3. The fourth-order valence-electron chi connectivity index (χ4n) is 2.87. The zero-order chi connectivity index (χ0) is 19.2. The molecule has 0 aliphatic carbocycles. The number of aromatic nitrogens is 1. The van der Waals surface area contributed by atoms with Gasteiger partial charge in [-0.05, 0) is 11.1 Å². The molecule has 5 heteroatoms. The Kier molecular flexibility index (Phi) is 5.45. The molecule has 3 aromatic carbocycles.